The monoisotopic (exact) mass is 253 g/mol. The Morgan fingerprint density at radius 3 is 2.33 bits per heavy atom. The first-order valence-corrected chi connectivity index (χ1v) is 8.12. The van der Waals surface area contributed by atoms with Crippen molar-refractivity contribution in [1.29, 1.82) is 0 Å². The number of nitrogens with one attached hydrogen (secondary N) is 1. The number of rotatable bonds is 5. The largest absolute Gasteiger partial charge is 0.376 e. The zero-order valence-electron chi connectivity index (χ0n) is 12.3. The van der Waals surface area contributed by atoms with Gasteiger partial charge in [-0.15, -0.1) is 0 Å². The fourth-order valence-corrected chi connectivity index (χ4v) is 3.51. The Morgan fingerprint density at radius 2 is 1.72 bits per heavy atom. The Labute approximate surface area is 113 Å². The molecular weight excluding hydrogens is 222 g/mol. The molecule has 2 aliphatic rings. The van der Waals surface area contributed by atoms with Gasteiger partial charge in [0.2, 0.25) is 0 Å². The lowest BCUT2D eigenvalue weighted by atomic mass is 9.80. The fourth-order valence-electron chi connectivity index (χ4n) is 3.51. The van der Waals surface area contributed by atoms with E-state index in [1.165, 1.54) is 57.9 Å². The highest BCUT2D eigenvalue weighted by molar-refractivity contribution is 4.87. The van der Waals surface area contributed by atoms with Crippen LogP contribution in [0.15, 0.2) is 0 Å². The van der Waals surface area contributed by atoms with Gasteiger partial charge in [-0.1, -0.05) is 39.5 Å². The first-order valence-electron chi connectivity index (χ1n) is 8.12. The average Bonchev–Trinajstić information content (AvgIpc) is 2.41. The summed E-state index contributed by atoms with van der Waals surface area (Å²) in [6.07, 6.45) is 11.6. The first-order chi connectivity index (χ1) is 8.77. The first kappa shape index (κ1) is 14.3. The molecule has 0 aromatic heterocycles. The Hall–Kier alpha value is -0.0800. The molecule has 1 saturated carbocycles. The molecule has 0 radical (unpaired) electrons. The summed E-state index contributed by atoms with van der Waals surface area (Å²) in [6.45, 7) is 6.64. The van der Waals surface area contributed by atoms with E-state index in [1.54, 1.807) is 0 Å². The summed E-state index contributed by atoms with van der Waals surface area (Å²) in [7, 11) is 0. The topological polar surface area (TPSA) is 21.3 Å². The van der Waals surface area contributed by atoms with Gasteiger partial charge < -0.3 is 10.1 Å². The van der Waals surface area contributed by atoms with Crippen LogP contribution in [0.3, 0.4) is 0 Å². The van der Waals surface area contributed by atoms with E-state index in [0.717, 1.165) is 12.5 Å². The lowest BCUT2D eigenvalue weighted by Gasteiger charge is -2.38. The van der Waals surface area contributed by atoms with Crippen LogP contribution in [0, 0.1) is 11.8 Å². The number of hydrogen-bond acceptors (Lipinski definition) is 2. The predicted molar refractivity (Wildman–Crippen MR) is 76.8 cm³/mol. The van der Waals surface area contributed by atoms with Gasteiger partial charge in [-0.3, -0.25) is 0 Å². The molecule has 2 heteroatoms. The second kappa shape index (κ2) is 7.49. The highest BCUT2D eigenvalue weighted by Crippen LogP contribution is 2.31. The van der Waals surface area contributed by atoms with Crippen molar-refractivity contribution in [3.8, 4) is 0 Å². The van der Waals surface area contributed by atoms with Crippen molar-refractivity contribution >= 4 is 0 Å². The summed E-state index contributed by atoms with van der Waals surface area (Å²) < 4.78 is 6.32. The lowest BCUT2D eigenvalue weighted by molar-refractivity contribution is -0.0390. The Kier molecular flexibility index (Phi) is 5.97. The van der Waals surface area contributed by atoms with E-state index in [4.69, 9.17) is 4.74 Å². The molecule has 0 amide bonds. The predicted octanol–water partition coefficient (Wildman–Crippen LogP) is 3.75. The average molecular weight is 253 g/mol. The van der Waals surface area contributed by atoms with E-state index < -0.39 is 0 Å². The molecule has 106 valence electrons. The maximum Gasteiger partial charge on any atom is 0.0756 e. The molecule has 2 unspecified atom stereocenters. The zero-order chi connectivity index (χ0) is 12.8. The minimum absolute atomic E-state index is 0.480. The summed E-state index contributed by atoms with van der Waals surface area (Å²) in [5.74, 6) is 1.47. The summed E-state index contributed by atoms with van der Waals surface area (Å²) in [4.78, 5) is 0. The van der Waals surface area contributed by atoms with Gasteiger partial charge in [0.05, 0.1) is 6.10 Å². The SMILES string of the molecule is CC(C)COC(C1CCCCC1)C1CCCCN1. The maximum atomic E-state index is 6.32. The lowest BCUT2D eigenvalue weighted by Crippen LogP contribution is -2.48. The van der Waals surface area contributed by atoms with E-state index in [2.05, 4.69) is 19.2 Å². The third-order valence-corrected chi connectivity index (χ3v) is 4.48. The summed E-state index contributed by atoms with van der Waals surface area (Å²) in [6, 6.07) is 0.626. The highest BCUT2D eigenvalue weighted by Gasteiger charge is 2.32. The van der Waals surface area contributed by atoms with Gasteiger partial charge in [-0.25, -0.2) is 0 Å². The van der Waals surface area contributed by atoms with Crippen LogP contribution in [-0.2, 0) is 4.74 Å². The van der Waals surface area contributed by atoms with Crippen molar-refractivity contribution in [2.75, 3.05) is 13.2 Å². The molecule has 2 rings (SSSR count). The minimum Gasteiger partial charge on any atom is -0.376 e. The van der Waals surface area contributed by atoms with E-state index in [9.17, 15) is 0 Å². The molecule has 1 saturated heterocycles. The molecule has 18 heavy (non-hydrogen) atoms. The Bertz CT molecular complexity index is 199. The second-order valence-electron chi connectivity index (χ2n) is 6.65. The molecule has 1 aliphatic heterocycles. The van der Waals surface area contributed by atoms with Crippen molar-refractivity contribution in [1.82, 2.24) is 5.32 Å². The van der Waals surface area contributed by atoms with Crippen molar-refractivity contribution in [3.05, 3.63) is 0 Å². The van der Waals surface area contributed by atoms with Crippen molar-refractivity contribution in [2.45, 2.75) is 77.4 Å². The van der Waals surface area contributed by atoms with Gasteiger partial charge in [-0.05, 0) is 44.1 Å². The van der Waals surface area contributed by atoms with Gasteiger partial charge >= 0.3 is 0 Å². The Morgan fingerprint density at radius 1 is 1.00 bits per heavy atom. The number of ether oxygens (including phenoxy) is 1. The van der Waals surface area contributed by atoms with Crippen molar-refractivity contribution in [3.63, 3.8) is 0 Å². The van der Waals surface area contributed by atoms with E-state index in [1.807, 2.05) is 0 Å². The molecule has 2 atom stereocenters. The molecule has 1 aliphatic carbocycles. The normalized spacial score (nSPS) is 28.5. The van der Waals surface area contributed by atoms with Gasteiger partial charge in [0.15, 0.2) is 0 Å². The van der Waals surface area contributed by atoms with Crippen LogP contribution in [0.2, 0.25) is 0 Å². The van der Waals surface area contributed by atoms with Crippen LogP contribution in [0.5, 0.6) is 0 Å². The number of piperidine rings is 1. The van der Waals surface area contributed by atoms with Crippen LogP contribution in [0.4, 0.5) is 0 Å². The van der Waals surface area contributed by atoms with Crippen LogP contribution < -0.4 is 5.32 Å². The van der Waals surface area contributed by atoms with Crippen molar-refractivity contribution in [2.24, 2.45) is 11.8 Å². The zero-order valence-corrected chi connectivity index (χ0v) is 12.3. The summed E-state index contributed by atoms with van der Waals surface area (Å²) >= 11 is 0. The minimum atomic E-state index is 0.480. The molecule has 0 spiro atoms. The molecule has 1 heterocycles. The van der Waals surface area contributed by atoms with E-state index >= 15 is 0 Å². The molecule has 0 aromatic rings. The summed E-state index contributed by atoms with van der Waals surface area (Å²) in [5, 5.41) is 3.72. The smallest absolute Gasteiger partial charge is 0.0756 e. The molecule has 0 bridgehead atoms. The molecule has 1 N–H and O–H groups in total. The van der Waals surface area contributed by atoms with Crippen LogP contribution in [0.1, 0.15) is 65.2 Å². The number of hydrogen-bond donors (Lipinski definition) is 1. The third kappa shape index (κ3) is 4.24. The maximum absolute atomic E-state index is 6.32. The second-order valence-corrected chi connectivity index (χ2v) is 6.65. The van der Waals surface area contributed by atoms with E-state index in [-0.39, 0.29) is 0 Å². The van der Waals surface area contributed by atoms with Gasteiger partial charge in [0.1, 0.15) is 0 Å². The standard InChI is InChI=1S/C16H31NO/c1-13(2)12-18-16(14-8-4-3-5-9-14)15-10-6-7-11-17-15/h13-17H,3-12H2,1-2H3. The Balaban J connectivity index is 1.91. The van der Waals surface area contributed by atoms with Gasteiger partial charge in [0.25, 0.3) is 0 Å². The van der Waals surface area contributed by atoms with Gasteiger partial charge in [0, 0.05) is 12.6 Å². The molecular formula is C16H31NO. The van der Waals surface area contributed by atoms with Crippen LogP contribution >= 0.6 is 0 Å². The fraction of sp³-hybridized carbons (Fsp3) is 1.00. The molecule has 2 fully saturated rings. The molecule has 0 aromatic carbocycles. The molecule has 2 nitrogen and oxygen atoms in total. The summed E-state index contributed by atoms with van der Waals surface area (Å²) in [5.41, 5.74) is 0. The van der Waals surface area contributed by atoms with E-state index in [0.29, 0.717) is 18.1 Å². The van der Waals surface area contributed by atoms with Crippen LogP contribution in [-0.4, -0.2) is 25.3 Å². The van der Waals surface area contributed by atoms with Gasteiger partial charge in [-0.2, -0.15) is 0 Å². The van der Waals surface area contributed by atoms with Crippen molar-refractivity contribution < 1.29 is 4.74 Å². The van der Waals surface area contributed by atoms with Crippen LogP contribution in [0.25, 0.3) is 0 Å². The third-order valence-electron chi connectivity index (χ3n) is 4.48. The quantitative estimate of drug-likeness (QED) is 0.805. The highest BCUT2D eigenvalue weighted by atomic mass is 16.5.